The largest absolute Gasteiger partial charge is 0.508 e. The van der Waals surface area contributed by atoms with Crippen molar-refractivity contribution in [2.24, 2.45) is 0 Å². The Morgan fingerprint density at radius 2 is 1.89 bits per heavy atom. The lowest BCUT2D eigenvalue weighted by Crippen LogP contribution is -2.32. The summed E-state index contributed by atoms with van der Waals surface area (Å²) in [5.41, 5.74) is 2.10. The summed E-state index contributed by atoms with van der Waals surface area (Å²) < 4.78 is 28.3. The lowest BCUT2D eigenvalue weighted by atomic mass is 9.89. The first kappa shape index (κ1) is 17.6. The second-order valence-electron chi connectivity index (χ2n) is 6.90. The first-order valence-corrected chi connectivity index (χ1v) is 8.96. The number of benzene rings is 2. The van der Waals surface area contributed by atoms with Crippen LogP contribution >= 0.6 is 0 Å². The second-order valence-corrected chi connectivity index (χ2v) is 6.90. The first-order chi connectivity index (χ1) is 13.1. The predicted molar refractivity (Wildman–Crippen MR) is 96.6 cm³/mol. The summed E-state index contributed by atoms with van der Waals surface area (Å²) in [5, 5.41) is 17.7. The van der Waals surface area contributed by atoms with E-state index in [0.717, 1.165) is 37.7 Å². The lowest BCUT2D eigenvalue weighted by molar-refractivity contribution is 0.202. The number of piperidine rings is 1. The molecule has 0 bridgehead atoms. The number of hydrogen-bond acceptors (Lipinski definition) is 4. The highest BCUT2D eigenvalue weighted by atomic mass is 19.1. The third kappa shape index (κ3) is 3.98. The van der Waals surface area contributed by atoms with Gasteiger partial charge in [0.15, 0.2) is 5.82 Å². The zero-order valence-electron chi connectivity index (χ0n) is 14.7. The first-order valence-electron chi connectivity index (χ1n) is 8.96. The van der Waals surface area contributed by atoms with Crippen molar-refractivity contribution in [1.82, 2.24) is 19.9 Å². The molecule has 27 heavy (non-hydrogen) atoms. The molecule has 1 aliphatic heterocycles. The number of rotatable bonds is 4. The smallest absolute Gasteiger partial charge is 0.151 e. The van der Waals surface area contributed by atoms with Gasteiger partial charge in [-0.3, -0.25) is 4.90 Å². The fourth-order valence-corrected chi connectivity index (χ4v) is 3.59. The molecule has 0 aliphatic carbocycles. The number of phenols is 1. The third-order valence-corrected chi connectivity index (χ3v) is 5.01. The van der Waals surface area contributed by atoms with Gasteiger partial charge in [-0.2, -0.15) is 0 Å². The van der Waals surface area contributed by atoms with Gasteiger partial charge in [0.1, 0.15) is 17.3 Å². The van der Waals surface area contributed by atoms with Gasteiger partial charge in [0.2, 0.25) is 0 Å². The number of nitrogens with zero attached hydrogens (tertiary/aromatic N) is 4. The van der Waals surface area contributed by atoms with Gasteiger partial charge >= 0.3 is 0 Å². The number of phenolic OH excluding ortho intramolecular Hbond substituents is 1. The molecule has 0 atom stereocenters. The Kier molecular flexibility index (Phi) is 4.85. The predicted octanol–water partition coefficient (Wildman–Crippen LogP) is 3.63. The van der Waals surface area contributed by atoms with Crippen LogP contribution in [0, 0.1) is 11.6 Å². The zero-order chi connectivity index (χ0) is 18.8. The van der Waals surface area contributed by atoms with E-state index in [4.69, 9.17) is 0 Å². The highest BCUT2D eigenvalue weighted by Crippen LogP contribution is 2.30. The van der Waals surface area contributed by atoms with Gasteiger partial charge in [0.05, 0.1) is 11.9 Å². The molecule has 5 nitrogen and oxygen atoms in total. The molecule has 1 aliphatic rings. The van der Waals surface area contributed by atoms with Crippen molar-refractivity contribution in [2.45, 2.75) is 25.3 Å². The molecule has 0 saturated carbocycles. The topological polar surface area (TPSA) is 54.2 Å². The van der Waals surface area contributed by atoms with Crippen LogP contribution in [0.4, 0.5) is 8.78 Å². The van der Waals surface area contributed by atoms with Crippen molar-refractivity contribution in [3.63, 3.8) is 0 Å². The van der Waals surface area contributed by atoms with Crippen LogP contribution in [0.15, 0.2) is 48.7 Å². The Bertz CT molecular complexity index is 935. The van der Waals surface area contributed by atoms with Gasteiger partial charge in [-0.05, 0) is 61.7 Å². The van der Waals surface area contributed by atoms with Crippen LogP contribution in [0.5, 0.6) is 5.75 Å². The van der Waals surface area contributed by atoms with E-state index < -0.39 is 11.6 Å². The van der Waals surface area contributed by atoms with Gasteiger partial charge in [0, 0.05) is 12.6 Å². The van der Waals surface area contributed by atoms with Gasteiger partial charge < -0.3 is 5.11 Å². The van der Waals surface area contributed by atoms with E-state index in [1.54, 1.807) is 12.3 Å². The van der Waals surface area contributed by atoms with Crippen LogP contribution < -0.4 is 0 Å². The van der Waals surface area contributed by atoms with Crippen LogP contribution in [-0.4, -0.2) is 38.1 Å². The summed E-state index contributed by atoms with van der Waals surface area (Å²) in [5.74, 6) is -0.540. The van der Waals surface area contributed by atoms with Gasteiger partial charge in [0.25, 0.3) is 0 Å². The zero-order valence-corrected chi connectivity index (χ0v) is 14.7. The number of aromatic hydroxyl groups is 1. The monoisotopic (exact) mass is 370 g/mol. The molecule has 1 N–H and O–H groups in total. The Morgan fingerprint density at radius 1 is 1.07 bits per heavy atom. The quantitative estimate of drug-likeness (QED) is 0.762. The fraction of sp³-hybridized carbons (Fsp3) is 0.300. The Balaban J connectivity index is 1.38. The Hall–Kier alpha value is -2.80. The molecular weight excluding hydrogens is 350 g/mol. The van der Waals surface area contributed by atoms with E-state index in [-0.39, 0.29) is 5.69 Å². The molecule has 1 saturated heterocycles. The van der Waals surface area contributed by atoms with Crippen molar-refractivity contribution in [2.75, 3.05) is 13.1 Å². The fourth-order valence-electron chi connectivity index (χ4n) is 3.59. The number of likely N-dealkylation sites (tertiary alicyclic amines) is 1. The molecule has 0 spiro atoms. The van der Waals surface area contributed by atoms with Crippen LogP contribution in [0.1, 0.15) is 30.0 Å². The minimum Gasteiger partial charge on any atom is -0.508 e. The van der Waals surface area contributed by atoms with E-state index in [9.17, 15) is 13.9 Å². The SMILES string of the molecule is Oc1cccc(C2CCN(Cc3cn(-c4ccc(F)cc4F)nn3)CC2)c1. The van der Waals surface area contributed by atoms with Crippen molar-refractivity contribution in [3.05, 3.63) is 71.6 Å². The third-order valence-electron chi connectivity index (χ3n) is 5.01. The Morgan fingerprint density at radius 3 is 2.63 bits per heavy atom. The van der Waals surface area contributed by atoms with Gasteiger partial charge in [-0.25, -0.2) is 13.5 Å². The molecule has 2 heterocycles. The van der Waals surface area contributed by atoms with E-state index >= 15 is 0 Å². The highest BCUT2D eigenvalue weighted by Gasteiger charge is 2.21. The number of aromatic nitrogens is 3. The molecule has 2 aromatic carbocycles. The molecule has 140 valence electrons. The maximum Gasteiger partial charge on any atom is 0.151 e. The van der Waals surface area contributed by atoms with Crippen molar-refractivity contribution >= 4 is 0 Å². The molecule has 7 heteroatoms. The van der Waals surface area contributed by atoms with Crippen molar-refractivity contribution in [3.8, 4) is 11.4 Å². The maximum absolute atomic E-state index is 13.9. The standard InChI is InChI=1S/C20H20F2N4O/c21-16-4-5-20(19(22)11-16)26-13-17(23-24-26)12-25-8-6-14(7-9-25)15-2-1-3-18(27)10-15/h1-5,10-11,13-14,27H,6-9,12H2. The van der Waals surface area contributed by atoms with E-state index in [0.29, 0.717) is 18.2 Å². The maximum atomic E-state index is 13.9. The van der Waals surface area contributed by atoms with Crippen LogP contribution in [0.25, 0.3) is 5.69 Å². The summed E-state index contributed by atoms with van der Waals surface area (Å²) in [6, 6.07) is 10.8. The molecule has 3 aromatic rings. The molecular formula is C20H20F2N4O. The van der Waals surface area contributed by atoms with Crippen molar-refractivity contribution in [1.29, 1.82) is 0 Å². The normalized spacial score (nSPS) is 15.9. The van der Waals surface area contributed by atoms with E-state index in [1.807, 2.05) is 12.1 Å². The molecule has 0 radical (unpaired) electrons. The van der Waals surface area contributed by atoms with Crippen LogP contribution in [-0.2, 0) is 6.54 Å². The van der Waals surface area contributed by atoms with Crippen LogP contribution in [0.2, 0.25) is 0 Å². The summed E-state index contributed by atoms with van der Waals surface area (Å²) in [6.45, 7) is 2.46. The summed E-state index contributed by atoms with van der Waals surface area (Å²) in [6.07, 6.45) is 3.69. The molecule has 1 fully saturated rings. The van der Waals surface area contributed by atoms with Crippen molar-refractivity contribution < 1.29 is 13.9 Å². The van der Waals surface area contributed by atoms with E-state index in [1.165, 1.54) is 22.4 Å². The van der Waals surface area contributed by atoms with Gasteiger partial charge in [-0.1, -0.05) is 17.3 Å². The average molecular weight is 370 g/mol. The lowest BCUT2D eigenvalue weighted by Gasteiger charge is -2.31. The molecule has 1 aromatic heterocycles. The molecule has 4 rings (SSSR count). The number of hydrogen-bond donors (Lipinski definition) is 1. The highest BCUT2D eigenvalue weighted by molar-refractivity contribution is 5.33. The minimum absolute atomic E-state index is 0.178. The number of halogens is 2. The average Bonchev–Trinajstić information content (AvgIpc) is 3.10. The molecule has 0 amide bonds. The summed E-state index contributed by atoms with van der Waals surface area (Å²) >= 11 is 0. The van der Waals surface area contributed by atoms with Crippen LogP contribution in [0.3, 0.4) is 0 Å². The minimum atomic E-state index is -0.668. The summed E-state index contributed by atoms with van der Waals surface area (Å²) in [7, 11) is 0. The van der Waals surface area contributed by atoms with E-state index in [2.05, 4.69) is 21.3 Å². The Labute approximate surface area is 155 Å². The second kappa shape index (κ2) is 7.44. The summed E-state index contributed by atoms with van der Waals surface area (Å²) in [4.78, 5) is 2.29. The molecule has 0 unspecified atom stereocenters. The van der Waals surface area contributed by atoms with Gasteiger partial charge in [-0.15, -0.1) is 5.10 Å².